The maximum atomic E-state index is 13.8. The molecule has 0 N–H and O–H groups in total. The zero-order valence-corrected chi connectivity index (χ0v) is 28.7. The van der Waals surface area contributed by atoms with E-state index < -0.39 is 11.7 Å². The molecule has 7 heteroatoms. The highest BCUT2D eigenvalue weighted by atomic mass is 19.1. The fraction of sp³-hybridized carbons (Fsp3) is 0.538. The summed E-state index contributed by atoms with van der Waals surface area (Å²) in [6.45, 7) is 16.1. The normalized spacial score (nSPS) is 19.1. The number of nitrogens with zero attached hydrogens (tertiary/aromatic N) is 2. The van der Waals surface area contributed by atoms with E-state index in [2.05, 4.69) is 24.0 Å². The summed E-state index contributed by atoms with van der Waals surface area (Å²) in [4.78, 5) is 21.4. The third kappa shape index (κ3) is 8.28. The van der Waals surface area contributed by atoms with E-state index in [4.69, 9.17) is 19.2 Å². The first-order valence-electron chi connectivity index (χ1n) is 17.0. The summed E-state index contributed by atoms with van der Waals surface area (Å²) in [5, 5.41) is 0. The van der Waals surface area contributed by atoms with Gasteiger partial charge in [0.15, 0.2) is 6.10 Å². The van der Waals surface area contributed by atoms with E-state index in [1.54, 1.807) is 12.1 Å². The van der Waals surface area contributed by atoms with Crippen molar-refractivity contribution >= 4 is 11.7 Å². The number of fused-ring (bicyclic) bond motifs is 1. The Labute approximate surface area is 274 Å². The molecular formula is C39H51FN2O4. The molecular weight excluding hydrogens is 579 g/mol. The Balaban J connectivity index is 1.54. The Morgan fingerprint density at radius 1 is 0.957 bits per heavy atom. The number of aromatic nitrogens is 1. The van der Waals surface area contributed by atoms with E-state index in [1.165, 1.54) is 37.8 Å². The molecule has 2 aliphatic rings. The van der Waals surface area contributed by atoms with E-state index in [1.807, 2.05) is 53.7 Å². The average molecular weight is 631 g/mol. The van der Waals surface area contributed by atoms with Crippen LogP contribution in [0.15, 0.2) is 48.5 Å². The zero-order valence-electron chi connectivity index (χ0n) is 28.7. The lowest BCUT2D eigenvalue weighted by Crippen LogP contribution is -2.43. The van der Waals surface area contributed by atoms with Gasteiger partial charge in [0.2, 0.25) is 0 Å². The van der Waals surface area contributed by atoms with Crippen molar-refractivity contribution in [3.05, 3.63) is 76.9 Å². The Morgan fingerprint density at radius 2 is 1.63 bits per heavy atom. The van der Waals surface area contributed by atoms with Gasteiger partial charge >= 0.3 is 5.97 Å². The van der Waals surface area contributed by atoms with E-state index in [0.29, 0.717) is 18.9 Å². The first-order valence-corrected chi connectivity index (χ1v) is 17.0. The molecule has 2 fully saturated rings. The number of esters is 1. The molecule has 1 aliphatic heterocycles. The number of hydrogen-bond acceptors (Lipinski definition) is 6. The van der Waals surface area contributed by atoms with E-state index in [9.17, 15) is 9.18 Å². The summed E-state index contributed by atoms with van der Waals surface area (Å²) < 4.78 is 31.7. The van der Waals surface area contributed by atoms with Crippen molar-refractivity contribution in [1.29, 1.82) is 0 Å². The van der Waals surface area contributed by atoms with Crippen molar-refractivity contribution in [3.63, 3.8) is 0 Å². The number of carbonyl (C=O) groups is 1. The van der Waals surface area contributed by atoms with Gasteiger partial charge in [0.05, 0.1) is 24.0 Å². The predicted octanol–water partition coefficient (Wildman–Crippen LogP) is 8.95. The van der Waals surface area contributed by atoms with E-state index in [-0.39, 0.29) is 17.9 Å². The lowest BCUT2D eigenvalue weighted by Gasteiger charge is -2.44. The number of piperidine rings is 1. The number of anilines is 1. The van der Waals surface area contributed by atoms with Crippen LogP contribution in [0.25, 0.3) is 11.1 Å². The number of hydrogen-bond donors (Lipinski definition) is 0. The van der Waals surface area contributed by atoms with Crippen LogP contribution in [0.5, 0.6) is 5.75 Å². The Kier molecular flexibility index (Phi) is 10.7. The Hall–Kier alpha value is -3.45. The van der Waals surface area contributed by atoms with Gasteiger partial charge in [0.1, 0.15) is 11.6 Å². The van der Waals surface area contributed by atoms with Crippen LogP contribution in [0.3, 0.4) is 0 Å². The molecule has 3 atom stereocenters. The van der Waals surface area contributed by atoms with Crippen LogP contribution in [-0.2, 0) is 20.7 Å². The van der Waals surface area contributed by atoms with Crippen molar-refractivity contribution in [3.8, 4) is 16.9 Å². The summed E-state index contributed by atoms with van der Waals surface area (Å²) in [6, 6.07) is 14.7. The van der Waals surface area contributed by atoms with Crippen molar-refractivity contribution in [2.24, 2.45) is 11.8 Å². The molecule has 2 heterocycles. The molecule has 0 spiro atoms. The predicted molar refractivity (Wildman–Crippen MR) is 182 cm³/mol. The summed E-state index contributed by atoms with van der Waals surface area (Å²) in [5.41, 5.74) is 6.03. The van der Waals surface area contributed by atoms with Crippen LogP contribution in [0, 0.1) is 31.5 Å². The van der Waals surface area contributed by atoms with Gasteiger partial charge in [0.25, 0.3) is 0 Å². The lowest BCUT2D eigenvalue weighted by atomic mass is 9.74. The fourth-order valence-corrected chi connectivity index (χ4v) is 7.17. The van der Waals surface area contributed by atoms with Gasteiger partial charge in [-0.2, -0.15) is 0 Å². The van der Waals surface area contributed by atoms with Crippen molar-refractivity contribution < 1.29 is 23.4 Å². The molecule has 46 heavy (non-hydrogen) atoms. The minimum absolute atomic E-state index is 0.236. The molecule has 1 aliphatic carbocycles. The summed E-state index contributed by atoms with van der Waals surface area (Å²) in [6.07, 6.45) is 5.81. The molecule has 0 unspecified atom stereocenters. The van der Waals surface area contributed by atoms with Gasteiger partial charge in [-0.1, -0.05) is 43.5 Å². The van der Waals surface area contributed by atoms with Crippen molar-refractivity contribution in [2.75, 3.05) is 24.6 Å². The molecule has 6 nitrogen and oxygen atoms in total. The third-order valence-corrected chi connectivity index (χ3v) is 9.20. The lowest BCUT2D eigenvalue weighted by molar-refractivity contribution is -0.171. The second kappa shape index (κ2) is 14.5. The highest BCUT2D eigenvalue weighted by molar-refractivity contribution is 5.88. The van der Waals surface area contributed by atoms with Gasteiger partial charge in [-0.25, -0.2) is 9.18 Å². The first-order chi connectivity index (χ1) is 21.9. The monoisotopic (exact) mass is 630 g/mol. The van der Waals surface area contributed by atoms with E-state index >= 15 is 0 Å². The highest BCUT2D eigenvalue weighted by Crippen LogP contribution is 2.46. The van der Waals surface area contributed by atoms with Crippen molar-refractivity contribution in [1.82, 2.24) is 4.98 Å². The number of benzene rings is 2. The van der Waals surface area contributed by atoms with Crippen LogP contribution in [0.2, 0.25) is 0 Å². The average Bonchev–Trinajstić information content (AvgIpc) is 3.00. The molecule has 5 rings (SSSR count). The minimum Gasteiger partial charge on any atom is -0.493 e. The molecule has 248 valence electrons. The molecule has 1 saturated heterocycles. The van der Waals surface area contributed by atoms with Crippen LogP contribution in [0.1, 0.15) is 95.3 Å². The maximum Gasteiger partial charge on any atom is 0.340 e. The molecule has 3 aromatic rings. The number of rotatable bonds is 10. The van der Waals surface area contributed by atoms with Gasteiger partial charge in [-0.05, 0) is 109 Å². The van der Waals surface area contributed by atoms with Gasteiger partial charge < -0.3 is 19.1 Å². The standard InChI is InChI=1S/C39H51FN2O4/c1-25(2)45-38(43)37(46-39(5,6)7)35-27(4)41-26(3)34(36(35)42-22-20-29-10-8-9-11-31(29)24-42)30-14-18-33(19-15-30)44-23-21-28-12-16-32(40)17-13-28/h12-19,25,29,31,37H,8-11,20-24H2,1-7H3/t29-,31-,37+/m1/s1. The largest absolute Gasteiger partial charge is 0.493 e. The maximum absolute atomic E-state index is 13.8. The number of pyridine rings is 1. The Morgan fingerprint density at radius 3 is 2.28 bits per heavy atom. The molecule has 0 bridgehead atoms. The second-order valence-electron chi connectivity index (χ2n) is 14.3. The fourth-order valence-electron chi connectivity index (χ4n) is 7.17. The van der Waals surface area contributed by atoms with Gasteiger partial charge in [0, 0.05) is 42.0 Å². The topological polar surface area (TPSA) is 60.9 Å². The minimum atomic E-state index is -0.914. The SMILES string of the molecule is Cc1nc(C)c([C@H](OC(C)(C)C)C(=O)OC(C)C)c(N2CC[C@H]3CCCC[C@@H]3C2)c1-c1ccc(OCCc2ccc(F)cc2)cc1. The summed E-state index contributed by atoms with van der Waals surface area (Å²) in [5.74, 6) is 1.55. The van der Waals surface area contributed by atoms with Crippen LogP contribution in [0.4, 0.5) is 10.1 Å². The number of carbonyl (C=O) groups excluding carboxylic acids is 1. The third-order valence-electron chi connectivity index (χ3n) is 9.20. The smallest absolute Gasteiger partial charge is 0.340 e. The number of ether oxygens (including phenoxy) is 3. The molecule has 0 radical (unpaired) electrons. The molecule has 0 amide bonds. The van der Waals surface area contributed by atoms with Crippen molar-refractivity contribution in [2.45, 2.75) is 105 Å². The van der Waals surface area contributed by atoms with Gasteiger partial charge in [-0.15, -0.1) is 0 Å². The van der Waals surface area contributed by atoms with Crippen LogP contribution < -0.4 is 9.64 Å². The first kappa shape index (κ1) is 33.9. The molecule has 2 aromatic carbocycles. The molecule has 1 saturated carbocycles. The van der Waals surface area contributed by atoms with Crippen LogP contribution in [-0.4, -0.2) is 42.4 Å². The quantitative estimate of drug-likeness (QED) is 0.209. The summed E-state index contributed by atoms with van der Waals surface area (Å²) in [7, 11) is 0. The summed E-state index contributed by atoms with van der Waals surface area (Å²) >= 11 is 0. The number of aryl methyl sites for hydroxylation is 2. The zero-order chi connectivity index (χ0) is 33.0. The van der Waals surface area contributed by atoms with E-state index in [0.717, 1.165) is 70.5 Å². The number of halogens is 1. The molecule has 1 aromatic heterocycles. The second-order valence-corrected chi connectivity index (χ2v) is 14.3. The Bertz CT molecular complexity index is 1480. The van der Waals surface area contributed by atoms with Crippen LogP contribution >= 0.6 is 0 Å². The van der Waals surface area contributed by atoms with Gasteiger partial charge in [-0.3, -0.25) is 4.98 Å². The highest BCUT2D eigenvalue weighted by Gasteiger charge is 2.39.